The molecule has 10 heteroatoms. The van der Waals surface area contributed by atoms with Gasteiger partial charge in [0.1, 0.15) is 18.1 Å². The molecule has 0 aliphatic rings. The number of carbonyl (C=O) groups is 1. The van der Waals surface area contributed by atoms with Gasteiger partial charge in [-0.25, -0.2) is 4.68 Å². The number of halogens is 1. The van der Waals surface area contributed by atoms with Gasteiger partial charge in [-0.15, -0.1) is 5.10 Å². The zero-order chi connectivity index (χ0) is 21.3. The highest BCUT2D eigenvalue weighted by atomic mass is 35.5. The predicted octanol–water partition coefficient (Wildman–Crippen LogP) is 3.01. The standard InChI is InChI=1S/C20H22ClN5O3S/c1-25(11-12-29-18-9-5-16(21)6-10-18)19(27)14-30-20-22-23-24-26(20)13-15-3-7-17(28-2)8-4-15/h3-10H,11-14H2,1-2H3. The topological polar surface area (TPSA) is 82.4 Å². The number of hydrogen-bond acceptors (Lipinski definition) is 7. The molecule has 1 amide bonds. The van der Waals surface area contributed by atoms with E-state index < -0.39 is 0 Å². The Balaban J connectivity index is 1.44. The van der Waals surface area contributed by atoms with Crippen LogP contribution in [0.4, 0.5) is 0 Å². The Morgan fingerprint density at radius 2 is 1.83 bits per heavy atom. The van der Waals surface area contributed by atoms with Crippen molar-refractivity contribution >= 4 is 29.3 Å². The summed E-state index contributed by atoms with van der Waals surface area (Å²) in [5, 5.41) is 13.0. The fraction of sp³-hybridized carbons (Fsp3) is 0.300. The number of benzene rings is 2. The quantitative estimate of drug-likeness (QED) is 0.442. The molecule has 0 unspecified atom stereocenters. The Labute approximate surface area is 184 Å². The van der Waals surface area contributed by atoms with Crippen molar-refractivity contribution in [1.82, 2.24) is 25.1 Å². The third-order valence-electron chi connectivity index (χ3n) is 4.25. The number of carbonyl (C=O) groups excluding carboxylic acids is 1. The van der Waals surface area contributed by atoms with Gasteiger partial charge in [-0.05, 0) is 52.4 Å². The number of tetrazole rings is 1. The second-order valence-electron chi connectivity index (χ2n) is 6.37. The van der Waals surface area contributed by atoms with Crippen LogP contribution >= 0.6 is 23.4 Å². The molecule has 0 N–H and O–H groups in total. The first-order chi connectivity index (χ1) is 14.5. The summed E-state index contributed by atoms with van der Waals surface area (Å²) in [4.78, 5) is 14.0. The molecular weight excluding hydrogens is 426 g/mol. The molecule has 0 spiro atoms. The van der Waals surface area contributed by atoms with E-state index in [-0.39, 0.29) is 11.7 Å². The number of aromatic nitrogens is 4. The highest BCUT2D eigenvalue weighted by molar-refractivity contribution is 7.99. The molecule has 1 aromatic heterocycles. The summed E-state index contributed by atoms with van der Waals surface area (Å²) in [5.74, 6) is 1.71. The van der Waals surface area contributed by atoms with Crippen LogP contribution < -0.4 is 9.47 Å². The Morgan fingerprint density at radius 1 is 1.13 bits per heavy atom. The van der Waals surface area contributed by atoms with Gasteiger partial charge in [0.05, 0.1) is 26.0 Å². The van der Waals surface area contributed by atoms with Gasteiger partial charge in [0, 0.05) is 12.1 Å². The molecule has 0 radical (unpaired) electrons. The normalized spacial score (nSPS) is 10.6. The van der Waals surface area contributed by atoms with Crippen molar-refractivity contribution in [2.24, 2.45) is 0 Å². The van der Waals surface area contributed by atoms with E-state index in [1.54, 1.807) is 48.0 Å². The number of hydrogen-bond donors (Lipinski definition) is 0. The zero-order valence-corrected chi connectivity index (χ0v) is 18.3. The van der Waals surface area contributed by atoms with Crippen molar-refractivity contribution in [3.63, 3.8) is 0 Å². The van der Waals surface area contributed by atoms with Crippen LogP contribution in [0.3, 0.4) is 0 Å². The number of likely N-dealkylation sites (N-methyl/N-ethyl adjacent to an activating group) is 1. The van der Waals surface area contributed by atoms with E-state index in [1.807, 2.05) is 24.3 Å². The molecule has 1 heterocycles. The van der Waals surface area contributed by atoms with E-state index in [4.69, 9.17) is 21.1 Å². The van der Waals surface area contributed by atoms with Gasteiger partial charge in [0.15, 0.2) is 0 Å². The lowest BCUT2D eigenvalue weighted by atomic mass is 10.2. The summed E-state index contributed by atoms with van der Waals surface area (Å²) in [6.45, 7) is 1.38. The Morgan fingerprint density at radius 3 is 2.53 bits per heavy atom. The van der Waals surface area contributed by atoms with Gasteiger partial charge < -0.3 is 14.4 Å². The lowest BCUT2D eigenvalue weighted by molar-refractivity contribution is -0.127. The van der Waals surface area contributed by atoms with Gasteiger partial charge >= 0.3 is 0 Å². The van der Waals surface area contributed by atoms with Crippen LogP contribution in [-0.4, -0.2) is 64.1 Å². The molecule has 3 rings (SSSR count). The minimum absolute atomic E-state index is 0.0290. The lowest BCUT2D eigenvalue weighted by Crippen LogP contribution is -2.32. The maximum Gasteiger partial charge on any atom is 0.232 e. The maximum absolute atomic E-state index is 12.4. The van der Waals surface area contributed by atoms with Crippen LogP contribution in [0.5, 0.6) is 11.5 Å². The van der Waals surface area contributed by atoms with Crippen molar-refractivity contribution in [3.05, 3.63) is 59.1 Å². The fourth-order valence-electron chi connectivity index (χ4n) is 2.50. The maximum atomic E-state index is 12.4. The second kappa shape index (κ2) is 10.8. The zero-order valence-electron chi connectivity index (χ0n) is 16.7. The molecule has 0 bridgehead atoms. The van der Waals surface area contributed by atoms with E-state index in [9.17, 15) is 4.79 Å². The van der Waals surface area contributed by atoms with Crippen LogP contribution in [0, 0.1) is 0 Å². The molecule has 158 valence electrons. The lowest BCUT2D eigenvalue weighted by Gasteiger charge is -2.17. The molecule has 30 heavy (non-hydrogen) atoms. The number of thioether (sulfide) groups is 1. The molecule has 0 saturated carbocycles. The minimum atomic E-state index is -0.0290. The largest absolute Gasteiger partial charge is 0.497 e. The van der Waals surface area contributed by atoms with Crippen molar-refractivity contribution in [2.75, 3.05) is 33.1 Å². The second-order valence-corrected chi connectivity index (χ2v) is 7.75. The molecule has 8 nitrogen and oxygen atoms in total. The molecule has 0 fully saturated rings. The number of rotatable bonds is 10. The first kappa shape index (κ1) is 21.9. The average Bonchev–Trinajstić information content (AvgIpc) is 3.20. The van der Waals surface area contributed by atoms with Gasteiger partial charge in [-0.2, -0.15) is 0 Å². The summed E-state index contributed by atoms with van der Waals surface area (Å²) in [7, 11) is 3.37. The molecule has 0 aliphatic carbocycles. The monoisotopic (exact) mass is 447 g/mol. The van der Waals surface area contributed by atoms with Crippen LogP contribution in [-0.2, 0) is 11.3 Å². The highest BCUT2D eigenvalue weighted by Crippen LogP contribution is 2.18. The highest BCUT2D eigenvalue weighted by Gasteiger charge is 2.14. The number of ether oxygens (including phenoxy) is 2. The molecule has 0 saturated heterocycles. The average molecular weight is 448 g/mol. The third-order valence-corrected chi connectivity index (χ3v) is 5.44. The van der Waals surface area contributed by atoms with Gasteiger partial charge in [-0.3, -0.25) is 4.79 Å². The van der Waals surface area contributed by atoms with E-state index in [2.05, 4.69) is 15.5 Å². The Hall–Kier alpha value is -2.78. The summed E-state index contributed by atoms with van der Waals surface area (Å²) in [6.07, 6.45) is 0. The summed E-state index contributed by atoms with van der Waals surface area (Å²) in [6, 6.07) is 14.8. The number of nitrogens with zero attached hydrogens (tertiary/aromatic N) is 5. The SMILES string of the molecule is COc1ccc(Cn2nnnc2SCC(=O)N(C)CCOc2ccc(Cl)cc2)cc1. The van der Waals surface area contributed by atoms with Gasteiger partial charge in [-0.1, -0.05) is 35.5 Å². The smallest absolute Gasteiger partial charge is 0.232 e. The van der Waals surface area contributed by atoms with Gasteiger partial charge in [0.2, 0.25) is 11.1 Å². The first-order valence-electron chi connectivity index (χ1n) is 9.19. The molecule has 0 atom stereocenters. The van der Waals surface area contributed by atoms with Crippen LogP contribution in [0.2, 0.25) is 5.02 Å². The summed E-state index contributed by atoms with van der Waals surface area (Å²) in [5.41, 5.74) is 1.03. The van der Waals surface area contributed by atoms with Crippen LogP contribution in [0.1, 0.15) is 5.56 Å². The van der Waals surface area contributed by atoms with E-state index in [1.165, 1.54) is 11.8 Å². The predicted molar refractivity (Wildman–Crippen MR) is 115 cm³/mol. The summed E-state index contributed by atoms with van der Waals surface area (Å²) >= 11 is 7.16. The van der Waals surface area contributed by atoms with E-state index in [0.717, 1.165) is 11.3 Å². The molecule has 2 aromatic carbocycles. The van der Waals surface area contributed by atoms with Crippen molar-refractivity contribution in [1.29, 1.82) is 0 Å². The van der Waals surface area contributed by atoms with Gasteiger partial charge in [0.25, 0.3) is 0 Å². The van der Waals surface area contributed by atoms with Crippen molar-refractivity contribution in [2.45, 2.75) is 11.7 Å². The Kier molecular flexibility index (Phi) is 7.92. The van der Waals surface area contributed by atoms with Crippen LogP contribution in [0.15, 0.2) is 53.7 Å². The fourth-order valence-corrected chi connectivity index (χ4v) is 3.44. The molecule has 0 aliphatic heterocycles. The molecule has 3 aromatic rings. The van der Waals surface area contributed by atoms with Crippen LogP contribution in [0.25, 0.3) is 0 Å². The van der Waals surface area contributed by atoms with Crippen molar-refractivity contribution < 1.29 is 14.3 Å². The van der Waals surface area contributed by atoms with Crippen molar-refractivity contribution in [3.8, 4) is 11.5 Å². The Bertz CT molecular complexity index is 950. The number of amides is 1. The first-order valence-corrected chi connectivity index (χ1v) is 10.6. The third kappa shape index (κ3) is 6.36. The molecular formula is C20H22ClN5O3S. The number of methoxy groups -OCH3 is 1. The van der Waals surface area contributed by atoms with E-state index >= 15 is 0 Å². The van der Waals surface area contributed by atoms with E-state index in [0.29, 0.717) is 35.6 Å². The summed E-state index contributed by atoms with van der Waals surface area (Å²) < 4.78 is 12.5. The minimum Gasteiger partial charge on any atom is -0.497 e.